The van der Waals surface area contributed by atoms with Crippen molar-refractivity contribution in [2.24, 2.45) is 0 Å². The van der Waals surface area contributed by atoms with Gasteiger partial charge in [-0.05, 0) is 6.42 Å². The molecule has 0 bridgehead atoms. The standard InChI is InChI=1S/C10H12ClF3N2O2/c11-4-1-8(17)15-9(18)16-5-2-7(3-6-16)10(12,13)14/h2H,1,3-6H2,(H,15,17,18). The van der Waals surface area contributed by atoms with Gasteiger partial charge in [-0.2, -0.15) is 13.2 Å². The summed E-state index contributed by atoms with van der Waals surface area (Å²) in [5, 5.41) is 2.06. The van der Waals surface area contributed by atoms with E-state index in [0.717, 1.165) is 11.0 Å². The molecule has 0 spiro atoms. The smallest absolute Gasteiger partial charge is 0.320 e. The van der Waals surface area contributed by atoms with E-state index in [1.807, 2.05) is 0 Å². The van der Waals surface area contributed by atoms with Gasteiger partial charge in [0, 0.05) is 31.0 Å². The second-order valence-corrected chi connectivity index (χ2v) is 4.09. The van der Waals surface area contributed by atoms with Crippen molar-refractivity contribution < 1.29 is 22.8 Å². The van der Waals surface area contributed by atoms with Crippen LogP contribution in [0.4, 0.5) is 18.0 Å². The minimum atomic E-state index is -4.35. The number of nitrogens with one attached hydrogen (secondary N) is 1. The van der Waals surface area contributed by atoms with Gasteiger partial charge in [-0.1, -0.05) is 6.08 Å². The molecule has 0 aliphatic carbocycles. The van der Waals surface area contributed by atoms with Crippen LogP contribution in [0.5, 0.6) is 0 Å². The molecule has 0 unspecified atom stereocenters. The first kappa shape index (κ1) is 14.8. The number of imide groups is 1. The molecule has 4 nitrogen and oxygen atoms in total. The normalized spacial score (nSPS) is 16.2. The number of amides is 3. The van der Waals surface area contributed by atoms with Gasteiger partial charge in [-0.25, -0.2) is 4.79 Å². The number of carbonyl (C=O) groups excluding carboxylic acids is 2. The Labute approximate surface area is 107 Å². The van der Waals surface area contributed by atoms with Gasteiger partial charge in [-0.15, -0.1) is 11.6 Å². The van der Waals surface area contributed by atoms with Crippen molar-refractivity contribution in [1.82, 2.24) is 10.2 Å². The molecule has 3 amide bonds. The van der Waals surface area contributed by atoms with Gasteiger partial charge < -0.3 is 4.90 Å². The first-order valence-corrected chi connectivity index (χ1v) is 5.79. The second-order valence-electron chi connectivity index (χ2n) is 3.72. The van der Waals surface area contributed by atoms with Crippen LogP contribution in [0.15, 0.2) is 11.6 Å². The average Bonchev–Trinajstić information content (AvgIpc) is 2.28. The van der Waals surface area contributed by atoms with Crippen LogP contribution >= 0.6 is 11.6 Å². The number of urea groups is 1. The molecule has 1 rings (SSSR count). The Balaban J connectivity index is 2.50. The summed E-state index contributed by atoms with van der Waals surface area (Å²) in [4.78, 5) is 23.7. The topological polar surface area (TPSA) is 49.4 Å². The van der Waals surface area contributed by atoms with Crippen LogP contribution in [-0.2, 0) is 4.79 Å². The zero-order valence-corrected chi connectivity index (χ0v) is 10.1. The highest BCUT2D eigenvalue weighted by Gasteiger charge is 2.35. The highest BCUT2D eigenvalue weighted by molar-refractivity contribution is 6.19. The molecule has 1 aliphatic heterocycles. The first-order chi connectivity index (χ1) is 8.34. The number of hydrogen-bond acceptors (Lipinski definition) is 2. The lowest BCUT2D eigenvalue weighted by Crippen LogP contribution is -2.45. The van der Waals surface area contributed by atoms with Crippen LogP contribution in [0, 0.1) is 0 Å². The van der Waals surface area contributed by atoms with E-state index < -0.39 is 23.7 Å². The Morgan fingerprint density at radius 2 is 2.11 bits per heavy atom. The molecule has 0 fully saturated rings. The quantitative estimate of drug-likeness (QED) is 0.623. The molecule has 102 valence electrons. The minimum Gasteiger partial charge on any atom is -0.320 e. The maximum atomic E-state index is 12.3. The van der Waals surface area contributed by atoms with Gasteiger partial charge >= 0.3 is 12.2 Å². The van der Waals surface area contributed by atoms with E-state index in [1.165, 1.54) is 0 Å². The van der Waals surface area contributed by atoms with Crippen molar-refractivity contribution in [3.05, 3.63) is 11.6 Å². The summed E-state index contributed by atoms with van der Waals surface area (Å²) < 4.78 is 37.0. The molecule has 0 radical (unpaired) electrons. The largest absolute Gasteiger partial charge is 0.412 e. The molecule has 0 saturated heterocycles. The third-order valence-corrected chi connectivity index (χ3v) is 2.62. The van der Waals surface area contributed by atoms with Gasteiger partial charge in [0.1, 0.15) is 0 Å². The molecule has 0 aromatic carbocycles. The zero-order chi connectivity index (χ0) is 13.8. The van der Waals surface area contributed by atoms with Crippen LogP contribution in [0.3, 0.4) is 0 Å². The monoisotopic (exact) mass is 284 g/mol. The van der Waals surface area contributed by atoms with E-state index in [2.05, 4.69) is 5.32 Å². The lowest BCUT2D eigenvalue weighted by molar-refractivity contribution is -0.119. The summed E-state index contributed by atoms with van der Waals surface area (Å²) in [5.74, 6) is -0.461. The van der Waals surface area contributed by atoms with Gasteiger partial charge in [0.15, 0.2) is 0 Å². The van der Waals surface area contributed by atoms with Crippen molar-refractivity contribution in [1.29, 1.82) is 0 Å². The lowest BCUT2D eigenvalue weighted by atomic mass is 10.1. The van der Waals surface area contributed by atoms with E-state index >= 15 is 0 Å². The number of carbonyl (C=O) groups is 2. The summed E-state index contributed by atoms with van der Waals surface area (Å²) in [5.41, 5.74) is -0.640. The zero-order valence-electron chi connectivity index (χ0n) is 9.39. The van der Waals surface area contributed by atoms with Gasteiger partial charge in [0.25, 0.3) is 0 Å². The van der Waals surface area contributed by atoms with Crippen molar-refractivity contribution in [3.63, 3.8) is 0 Å². The summed E-state index contributed by atoms with van der Waals surface area (Å²) in [6.45, 7) is -0.222. The van der Waals surface area contributed by atoms with Gasteiger partial charge in [0.2, 0.25) is 5.91 Å². The molecule has 1 heterocycles. The third kappa shape index (κ3) is 4.21. The highest BCUT2D eigenvalue weighted by atomic mass is 35.5. The maximum absolute atomic E-state index is 12.3. The third-order valence-electron chi connectivity index (χ3n) is 2.43. The molecular weight excluding hydrogens is 273 g/mol. The molecule has 0 atom stereocenters. The fraction of sp³-hybridized carbons (Fsp3) is 0.600. The predicted octanol–water partition coefficient (Wildman–Crippen LogP) is 2.05. The maximum Gasteiger partial charge on any atom is 0.412 e. The van der Waals surface area contributed by atoms with E-state index in [1.54, 1.807) is 0 Å². The lowest BCUT2D eigenvalue weighted by Gasteiger charge is -2.27. The Morgan fingerprint density at radius 1 is 1.44 bits per heavy atom. The second kappa shape index (κ2) is 6.08. The molecule has 0 aromatic heterocycles. The number of hydrogen-bond donors (Lipinski definition) is 1. The van der Waals surface area contributed by atoms with Gasteiger partial charge in [0.05, 0.1) is 0 Å². The molecule has 0 aromatic rings. The van der Waals surface area contributed by atoms with Crippen molar-refractivity contribution in [3.8, 4) is 0 Å². The Bertz CT molecular complexity index is 369. The number of nitrogens with zero attached hydrogens (tertiary/aromatic N) is 1. The van der Waals surface area contributed by atoms with Crippen molar-refractivity contribution in [2.45, 2.75) is 19.0 Å². The summed E-state index contributed by atoms with van der Waals surface area (Å²) in [7, 11) is 0. The van der Waals surface area contributed by atoms with E-state index in [0.29, 0.717) is 0 Å². The van der Waals surface area contributed by atoms with Crippen LogP contribution in [0.25, 0.3) is 0 Å². The van der Waals surface area contributed by atoms with Crippen molar-refractivity contribution >= 4 is 23.5 Å². The Morgan fingerprint density at radius 3 is 2.56 bits per heavy atom. The molecule has 18 heavy (non-hydrogen) atoms. The first-order valence-electron chi connectivity index (χ1n) is 5.25. The van der Waals surface area contributed by atoms with Crippen LogP contribution in [-0.4, -0.2) is 42.0 Å². The molecule has 1 N–H and O–H groups in total. The van der Waals surface area contributed by atoms with Crippen molar-refractivity contribution in [2.75, 3.05) is 19.0 Å². The Kier molecular flexibility index (Phi) is 5.01. The summed E-state index contributed by atoms with van der Waals surface area (Å²) in [6, 6.07) is -0.692. The van der Waals surface area contributed by atoms with Gasteiger partial charge in [-0.3, -0.25) is 10.1 Å². The molecule has 1 aliphatic rings. The van der Waals surface area contributed by atoms with E-state index in [-0.39, 0.29) is 31.8 Å². The summed E-state index contributed by atoms with van der Waals surface area (Å²) in [6.07, 6.45) is -3.67. The average molecular weight is 285 g/mol. The summed E-state index contributed by atoms with van der Waals surface area (Å²) >= 11 is 5.31. The predicted molar refractivity (Wildman–Crippen MR) is 59.2 cm³/mol. The number of halogens is 4. The van der Waals surface area contributed by atoms with Crippen LogP contribution in [0.1, 0.15) is 12.8 Å². The fourth-order valence-corrected chi connectivity index (χ4v) is 1.63. The van der Waals surface area contributed by atoms with Crippen LogP contribution < -0.4 is 5.32 Å². The van der Waals surface area contributed by atoms with Crippen LogP contribution in [0.2, 0.25) is 0 Å². The molecule has 0 saturated carbocycles. The van der Waals surface area contributed by atoms with E-state index in [4.69, 9.17) is 11.6 Å². The molecular formula is C10H12ClF3N2O2. The highest BCUT2D eigenvalue weighted by Crippen LogP contribution is 2.29. The number of alkyl halides is 4. The van der Waals surface area contributed by atoms with E-state index in [9.17, 15) is 22.8 Å². The molecule has 8 heteroatoms. The minimum absolute atomic E-state index is 0.00915. The SMILES string of the molecule is O=C(CCCl)NC(=O)N1CC=C(C(F)(F)F)CC1. The Hall–Kier alpha value is -1.24. The number of rotatable bonds is 2. The fourth-order valence-electron chi connectivity index (χ4n) is 1.46.